The lowest BCUT2D eigenvalue weighted by molar-refractivity contribution is 0.0952. The Kier molecular flexibility index (Phi) is 6.84. The van der Waals surface area contributed by atoms with Gasteiger partial charge >= 0.3 is 0 Å². The number of primary sulfonamides is 1. The maximum atomic E-state index is 12.0. The molecule has 6 heteroatoms. The van der Waals surface area contributed by atoms with Gasteiger partial charge in [-0.05, 0) is 30.5 Å². The highest BCUT2D eigenvalue weighted by atomic mass is 32.2. The number of hydrogen-bond acceptors (Lipinski definition) is 3. The van der Waals surface area contributed by atoms with E-state index < -0.39 is 10.0 Å². The average Bonchev–Trinajstić information content (AvgIpc) is 2.45. The van der Waals surface area contributed by atoms with Crippen molar-refractivity contribution in [1.29, 1.82) is 0 Å². The summed E-state index contributed by atoms with van der Waals surface area (Å²) >= 11 is 0. The molecule has 1 aromatic carbocycles. The Morgan fingerprint density at radius 2 is 1.90 bits per heavy atom. The molecule has 0 saturated carbocycles. The van der Waals surface area contributed by atoms with E-state index in [0.29, 0.717) is 24.1 Å². The molecule has 3 N–H and O–H groups in total. The smallest absolute Gasteiger partial charge is 0.251 e. The van der Waals surface area contributed by atoms with Crippen molar-refractivity contribution < 1.29 is 13.2 Å². The zero-order valence-electron chi connectivity index (χ0n) is 12.7. The molecule has 0 aliphatic rings. The first-order valence-corrected chi connectivity index (χ1v) is 8.88. The van der Waals surface area contributed by atoms with E-state index >= 15 is 0 Å². The van der Waals surface area contributed by atoms with Crippen LogP contribution in [-0.4, -0.2) is 20.9 Å². The van der Waals surface area contributed by atoms with Gasteiger partial charge in [0, 0.05) is 12.1 Å². The Morgan fingerprint density at radius 3 is 2.48 bits per heavy atom. The van der Waals surface area contributed by atoms with Crippen LogP contribution < -0.4 is 10.5 Å². The summed E-state index contributed by atoms with van der Waals surface area (Å²) in [5.41, 5.74) is 0.948. The molecule has 1 rings (SSSR count). The van der Waals surface area contributed by atoms with Crippen LogP contribution in [0.25, 0.3) is 0 Å². The molecule has 21 heavy (non-hydrogen) atoms. The number of nitrogens with one attached hydrogen (secondary N) is 1. The molecule has 0 heterocycles. The Labute approximate surface area is 127 Å². The maximum Gasteiger partial charge on any atom is 0.251 e. The second kappa shape index (κ2) is 8.14. The fraction of sp³-hybridized carbons (Fsp3) is 0.533. The number of carbonyl (C=O) groups excluding carboxylic acids is 1. The molecular weight excluding hydrogens is 288 g/mol. The SMILES string of the molecule is CCCCCCNC(=O)c1ccc(CC)c(S(N)(=O)=O)c1. The number of aryl methyl sites for hydroxylation is 1. The third-order valence-electron chi connectivity index (χ3n) is 3.33. The van der Waals surface area contributed by atoms with Crippen LogP contribution in [0.1, 0.15) is 55.5 Å². The van der Waals surface area contributed by atoms with Crippen LogP contribution >= 0.6 is 0 Å². The van der Waals surface area contributed by atoms with Crippen molar-refractivity contribution in [1.82, 2.24) is 5.32 Å². The van der Waals surface area contributed by atoms with Crippen molar-refractivity contribution in [2.45, 2.75) is 50.8 Å². The molecule has 0 fully saturated rings. The lowest BCUT2D eigenvalue weighted by atomic mass is 10.1. The minimum Gasteiger partial charge on any atom is -0.352 e. The van der Waals surface area contributed by atoms with Gasteiger partial charge in [-0.3, -0.25) is 4.79 Å². The monoisotopic (exact) mass is 312 g/mol. The second-order valence-corrected chi connectivity index (χ2v) is 6.57. The fourth-order valence-electron chi connectivity index (χ4n) is 2.11. The van der Waals surface area contributed by atoms with Gasteiger partial charge in [-0.2, -0.15) is 0 Å². The molecule has 1 amide bonds. The van der Waals surface area contributed by atoms with E-state index in [9.17, 15) is 13.2 Å². The highest BCUT2D eigenvalue weighted by Crippen LogP contribution is 2.17. The lowest BCUT2D eigenvalue weighted by Crippen LogP contribution is -2.25. The normalized spacial score (nSPS) is 11.4. The molecular formula is C15H24N2O3S. The number of carbonyl (C=O) groups is 1. The summed E-state index contributed by atoms with van der Waals surface area (Å²) in [6, 6.07) is 4.64. The van der Waals surface area contributed by atoms with E-state index in [-0.39, 0.29) is 10.8 Å². The van der Waals surface area contributed by atoms with Crippen molar-refractivity contribution in [2.75, 3.05) is 6.54 Å². The molecule has 0 saturated heterocycles. The van der Waals surface area contributed by atoms with Crippen LogP contribution in [0, 0.1) is 0 Å². The van der Waals surface area contributed by atoms with Gasteiger partial charge in [0.05, 0.1) is 4.90 Å². The summed E-state index contributed by atoms with van der Waals surface area (Å²) in [6.45, 7) is 4.57. The first-order chi connectivity index (χ1) is 9.90. The van der Waals surface area contributed by atoms with Gasteiger partial charge in [-0.15, -0.1) is 0 Å². The molecule has 0 aliphatic heterocycles. The van der Waals surface area contributed by atoms with Gasteiger partial charge < -0.3 is 5.32 Å². The number of unbranched alkanes of at least 4 members (excludes halogenated alkanes) is 3. The summed E-state index contributed by atoms with van der Waals surface area (Å²) in [4.78, 5) is 12.0. The Morgan fingerprint density at radius 1 is 1.19 bits per heavy atom. The van der Waals surface area contributed by atoms with Gasteiger partial charge in [0.15, 0.2) is 0 Å². The summed E-state index contributed by atoms with van der Waals surface area (Å²) < 4.78 is 23.1. The molecule has 0 unspecified atom stereocenters. The summed E-state index contributed by atoms with van der Waals surface area (Å²) in [5, 5.41) is 8.00. The lowest BCUT2D eigenvalue weighted by Gasteiger charge is -2.09. The number of rotatable bonds is 8. The van der Waals surface area contributed by atoms with Crippen LogP contribution in [0.3, 0.4) is 0 Å². The largest absolute Gasteiger partial charge is 0.352 e. The highest BCUT2D eigenvalue weighted by molar-refractivity contribution is 7.89. The van der Waals surface area contributed by atoms with Crippen LogP contribution in [0.4, 0.5) is 0 Å². The number of nitrogens with two attached hydrogens (primary N) is 1. The van der Waals surface area contributed by atoms with Gasteiger partial charge in [-0.25, -0.2) is 13.6 Å². The molecule has 0 bridgehead atoms. The van der Waals surface area contributed by atoms with E-state index in [0.717, 1.165) is 25.7 Å². The van der Waals surface area contributed by atoms with Crippen molar-refractivity contribution in [2.24, 2.45) is 5.14 Å². The van der Waals surface area contributed by atoms with E-state index in [2.05, 4.69) is 12.2 Å². The van der Waals surface area contributed by atoms with Crippen molar-refractivity contribution >= 4 is 15.9 Å². The predicted molar refractivity (Wildman–Crippen MR) is 83.7 cm³/mol. The van der Waals surface area contributed by atoms with Crippen molar-refractivity contribution in [3.8, 4) is 0 Å². The van der Waals surface area contributed by atoms with Gasteiger partial charge in [0.25, 0.3) is 5.91 Å². The number of sulfonamides is 1. The minimum atomic E-state index is -3.81. The Bertz CT molecular complexity index is 583. The zero-order valence-corrected chi connectivity index (χ0v) is 13.5. The van der Waals surface area contributed by atoms with Crippen LogP contribution in [0.15, 0.2) is 23.1 Å². The van der Waals surface area contributed by atoms with E-state index in [1.54, 1.807) is 12.1 Å². The molecule has 0 spiro atoms. The van der Waals surface area contributed by atoms with Gasteiger partial charge in [0.1, 0.15) is 0 Å². The average molecular weight is 312 g/mol. The second-order valence-electron chi connectivity index (χ2n) is 5.04. The van der Waals surface area contributed by atoms with Crippen molar-refractivity contribution in [3.05, 3.63) is 29.3 Å². The van der Waals surface area contributed by atoms with Gasteiger partial charge in [-0.1, -0.05) is 39.2 Å². The topological polar surface area (TPSA) is 89.3 Å². The first-order valence-electron chi connectivity index (χ1n) is 7.34. The third kappa shape index (κ3) is 5.47. The fourth-order valence-corrected chi connectivity index (χ4v) is 2.98. The Balaban J connectivity index is 2.77. The zero-order chi connectivity index (χ0) is 15.9. The van der Waals surface area contributed by atoms with Crippen LogP contribution in [-0.2, 0) is 16.4 Å². The predicted octanol–water partition coefficient (Wildman–Crippen LogP) is 2.21. The summed E-state index contributed by atoms with van der Waals surface area (Å²) in [6.07, 6.45) is 4.84. The molecule has 0 aliphatic carbocycles. The van der Waals surface area contributed by atoms with E-state index in [1.807, 2.05) is 6.92 Å². The van der Waals surface area contributed by atoms with Crippen molar-refractivity contribution in [3.63, 3.8) is 0 Å². The highest BCUT2D eigenvalue weighted by Gasteiger charge is 2.16. The third-order valence-corrected chi connectivity index (χ3v) is 4.33. The van der Waals surface area contributed by atoms with E-state index in [1.165, 1.54) is 6.07 Å². The van der Waals surface area contributed by atoms with Crippen LogP contribution in [0.2, 0.25) is 0 Å². The molecule has 0 radical (unpaired) electrons. The van der Waals surface area contributed by atoms with Gasteiger partial charge in [0.2, 0.25) is 10.0 Å². The molecule has 5 nitrogen and oxygen atoms in total. The van der Waals surface area contributed by atoms with E-state index in [4.69, 9.17) is 5.14 Å². The molecule has 118 valence electrons. The first kappa shape index (κ1) is 17.7. The molecule has 1 aromatic rings. The number of hydrogen-bond donors (Lipinski definition) is 2. The Hall–Kier alpha value is -1.40. The molecule has 0 atom stereocenters. The standard InChI is InChI=1S/C15H24N2O3S/c1-3-5-6-7-10-17-15(18)13-9-8-12(4-2)14(11-13)21(16,19)20/h8-9,11H,3-7,10H2,1-2H3,(H,17,18)(H2,16,19,20). The summed E-state index contributed by atoms with van der Waals surface area (Å²) in [7, 11) is -3.81. The number of amides is 1. The van der Waals surface area contributed by atoms with Crippen LogP contribution in [0.5, 0.6) is 0 Å². The summed E-state index contributed by atoms with van der Waals surface area (Å²) in [5.74, 6) is -0.265. The molecule has 0 aromatic heterocycles. The quantitative estimate of drug-likeness (QED) is 0.721. The number of benzene rings is 1. The minimum absolute atomic E-state index is 0.0311. The maximum absolute atomic E-state index is 12.0.